The molecule has 2 aromatic carbocycles. The third-order valence-corrected chi connectivity index (χ3v) is 3.29. The molecule has 0 aliphatic carbocycles. The molecule has 0 aromatic heterocycles. The third kappa shape index (κ3) is 2.09. The maximum atomic E-state index is 11.6. The Morgan fingerprint density at radius 1 is 1.10 bits per heavy atom. The lowest BCUT2D eigenvalue weighted by molar-refractivity contribution is 0.0965. The molecular formula is C15H12N2O3. The predicted molar refractivity (Wildman–Crippen MR) is 74.7 cm³/mol. The fourth-order valence-corrected chi connectivity index (χ4v) is 2.38. The third-order valence-electron chi connectivity index (χ3n) is 3.29. The Morgan fingerprint density at radius 3 is 2.50 bits per heavy atom. The molecule has 2 aromatic rings. The molecule has 0 saturated heterocycles. The quantitative estimate of drug-likeness (QED) is 0.783. The van der Waals surface area contributed by atoms with E-state index < -0.39 is 6.09 Å². The molecule has 0 atom stereocenters. The normalized spacial score (nSPS) is 12.7. The highest BCUT2D eigenvalue weighted by atomic mass is 16.4. The van der Waals surface area contributed by atoms with Crippen molar-refractivity contribution in [3.05, 3.63) is 53.6 Å². The Hall–Kier alpha value is -2.82. The molecule has 0 spiro atoms. The van der Waals surface area contributed by atoms with Crippen LogP contribution in [0.25, 0.3) is 11.1 Å². The molecular weight excluding hydrogens is 256 g/mol. The Kier molecular flexibility index (Phi) is 2.87. The molecule has 0 radical (unpaired) electrons. The van der Waals surface area contributed by atoms with Gasteiger partial charge in [-0.25, -0.2) is 4.79 Å². The van der Waals surface area contributed by atoms with Gasteiger partial charge >= 0.3 is 6.09 Å². The first kappa shape index (κ1) is 12.2. The molecule has 1 aliphatic heterocycles. The number of hydrogen-bond acceptors (Lipinski definition) is 2. The summed E-state index contributed by atoms with van der Waals surface area (Å²) in [6.45, 7) is 0.527. The maximum absolute atomic E-state index is 11.6. The summed E-state index contributed by atoms with van der Waals surface area (Å²) < 4.78 is 0. The zero-order valence-corrected chi connectivity index (χ0v) is 10.5. The fraction of sp³-hybridized carbons (Fsp3) is 0.0667. The maximum Gasteiger partial charge on any atom is 0.409 e. The number of carboxylic acid groups (broad SMARTS) is 1. The molecule has 3 rings (SSSR count). The molecule has 3 N–H and O–H groups in total. The number of carbonyl (C=O) groups excluding carboxylic acids is 1. The zero-order valence-electron chi connectivity index (χ0n) is 10.5. The van der Waals surface area contributed by atoms with Crippen molar-refractivity contribution in [1.29, 1.82) is 0 Å². The van der Waals surface area contributed by atoms with Crippen LogP contribution in [0.15, 0.2) is 42.5 Å². The van der Waals surface area contributed by atoms with Gasteiger partial charge in [-0.2, -0.15) is 0 Å². The summed E-state index contributed by atoms with van der Waals surface area (Å²) in [4.78, 5) is 22.2. The van der Waals surface area contributed by atoms with Crippen LogP contribution in [0, 0.1) is 0 Å². The number of hydrogen-bond donors (Lipinski definition) is 3. The fourth-order valence-electron chi connectivity index (χ4n) is 2.38. The van der Waals surface area contributed by atoms with Gasteiger partial charge in [-0.15, -0.1) is 0 Å². The second-order valence-corrected chi connectivity index (χ2v) is 4.52. The van der Waals surface area contributed by atoms with Gasteiger partial charge in [0.25, 0.3) is 5.91 Å². The van der Waals surface area contributed by atoms with Crippen molar-refractivity contribution in [3.8, 4) is 11.1 Å². The zero-order chi connectivity index (χ0) is 14.1. The highest BCUT2D eigenvalue weighted by Crippen LogP contribution is 2.29. The molecule has 1 heterocycles. The minimum atomic E-state index is -1.09. The van der Waals surface area contributed by atoms with Gasteiger partial charge in [0.2, 0.25) is 0 Å². The van der Waals surface area contributed by atoms with E-state index in [1.165, 1.54) is 0 Å². The first-order valence-corrected chi connectivity index (χ1v) is 6.15. The first-order chi connectivity index (χ1) is 9.65. The minimum absolute atomic E-state index is 0.0500. The number of anilines is 1. The van der Waals surface area contributed by atoms with Gasteiger partial charge in [0, 0.05) is 17.8 Å². The van der Waals surface area contributed by atoms with E-state index in [9.17, 15) is 9.59 Å². The molecule has 0 fully saturated rings. The van der Waals surface area contributed by atoms with Gasteiger partial charge < -0.3 is 10.4 Å². The van der Waals surface area contributed by atoms with Crippen molar-refractivity contribution >= 4 is 17.7 Å². The summed E-state index contributed by atoms with van der Waals surface area (Å²) in [5.41, 5.74) is 4.15. The molecule has 1 aliphatic rings. The number of amides is 2. The molecule has 0 bridgehead atoms. The summed E-state index contributed by atoms with van der Waals surface area (Å²) >= 11 is 0. The van der Waals surface area contributed by atoms with E-state index >= 15 is 0 Å². The molecule has 5 heteroatoms. The lowest BCUT2D eigenvalue weighted by Crippen LogP contribution is -2.12. The summed E-state index contributed by atoms with van der Waals surface area (Å²) in [7, 11) is 0. The summed E-state index contributed by atoms with van der Waals surface area (Å²) in [5.74, 6) is -0.0500. The van der Waals surface area contributed by atoms with E-state index in [1.54, 1.807) is 12.1 Å². The minimum Gasteiger partial charge on any atom is -0.465 e. The van der Waals surface area contributed by atoms with Gasteiger partial charge in [-0.05, 0) is 34.9 Å². The van der Waals surface area contributed by atoms with Gasteiger partial charge in [-0.3, -0.25) is 10.1 Å². The Labute approximate surface area is 115 Å². The number of nitrogens with one attached hydrogen (secondary N) is 2. The monoisotopic (exact) mass is 268 g/mol. The average Bonchev–Trinajstić information content (AvgIpc) is 2.81. The molecule has 0 unspecified atom stereocenters. The van der Waals surface area contributed by atoms with Crippen molar-refractivity contribution in [2.24, 2.45) is 0 Å². The van der Waals surface area contributed by atoms with Crippen LogP contribution in [-0.2, 0) is 6.54 Å². The van der Waals surface area contributed by atoms with Crippen molar-refractivity contribution in [2.45, 2.75) is 6.54 Å². The highest BCUT2D eigenvalue weighted by Gasteiger charge is 2.21. The standard InChI is InChI=1S/C15H12N2O3/c18-14-12-3-1-2-11(13(12)8-16-14)9-4-6-10(7-5-9)17-15(19)20/h1-7,17H,8H2,(H,16,18)(H,19,20). The van der Waals surface area contributed by atoms with Crippen LogP contribution in [0.1, 0.15) is 15.9 Å². The molecule has 0 saturated carbocycles. The predicted octanol–water partition coefficient (Wildman–Crippen LogP) is 2.69. The van der Waals surface area contributed by atoms with E-state index in [4.69, 9.17) is 5.11 Å². The van der Waals surface area contributed by atoms with Crippen LogP contribution in [0.4, 0.5) is 10.5 Å². The van der Waals surface area contributed by atoms with Crippen LogP contribution in [-0.4, -0.2) is 17.1 Å². The van der Waals surface area contributed by atoms with Gasteiger partial charge in [0.05, 0.1) is 0 Å². The molecule has 5 nitrogen and oxygen atoms in total. The second-order valence-electron chi connectivity index (χ2n) is 4.52. The highest BCUT2D eigenvalue weighted by molar-refractivity contribution is 6.00. The van der Waals surface area contributed by atoms with Gasteiger partial charge in [0.1, 0.15) is 0 Å². The summed E-state index contributed by atoms with van der Waals surface area (Å²) in [6.07, 6.45) is -1.09. The Bertz CT molecular complexity index is 693. The Balaban J connectivity index is 1.98. The van der Waals surface area contributed by atoms with Gasteiger partial charge in [-0.1, -0.05) is 24.3 Å². The van der Waals surface area contributed by atoms with E-state index in [1.807, 2.05) is 30.3 Å². The van der Waals surface area contributed by atoms with Crippen LogP contribution < -0.4 is 10.6 Å². The summed E-state index contributed by atoms with van der Waals surface area (Å²) in [6, 6.07) is 12.7. The molecule has 20 heavy (non-hydrogen) atoms. The van der Waals surface area contributed by atoms with Gasteiger partial charge in [0.15, 0.2) is 0 Å². The smallest absolute Gasteiger partial charge is 0.409 e. The SMILES string of the molecule is O=C(O)Nc1ccc(-c2cccc3c2CNC3=O)cc1. The van der Waals surface area contributed by atoms with Crippen LogP contribution >= 0.6 is 0 Å². The van der Waals surface area contributed by atoms with Crippen molar-refractivity contribution in [3.63, 3.8) is 0 Å². The number of benzene rings is 2. The average molecular weight is 268 g/mol. The topological polar surface area (TPSA) is 78.4 Å². The number of carbonyl (C=O) groups is 2. The Morgan fingerprint density at radius 2 is 1.80 bits per heavy atom. The largest absolute Gasteiger partial charge is 0.465 e. The molecule has 100 valence electrons. The number of rotatable bonds is 2. The van der Waals surface area contributed by atoms with Crippen LogP contribution in [0.2, 0.25) is 0 Å². The van der Waals surface area contributed by atoms with E-state index in [-0.39, 0.29) is 5.91 Å². The van der Waals surface area contributed by atoms with Crippen molar-refractivity contribution in [2.75, 3.05) is 5.32 Å². The van der Waals surface area contributed by atoms with Crippen LogP contribution in [0.5, 0.6) is 0 Å². The lowest BCUT2D eigenvalue weighted by Gasteiger charge is -2.08. The first-order valence-electron chi connectivity index (χ1n) is 6.15. The van der Waals surface area contributed by atoms with Crippen molar-refractivity contribution in [1.82, 2.24) is 5.32 Å². The lowest BCUT2D eigenvalue weighted by atomic mass is 9.97. The molecule has 2 amide bonds. The second kappa shape index (κ2) is 4.70. The summed E-state index contributed by atoms with van der Waals surface area (Å²) in [5, 5.41) is 13.7. The number of fused-ring (bicyclic) bond motifs is 1. The van der Waals surface area contributed by atoms with E-state index in [0.717, 1.165) is 16.7 Å². The van der Waals surface area contributed by atoms with Crippen molar-refractivity contribution < 1.29 is 14.7 Å². The van der Waals surface area contributed by atoms with E-state index in [0.29, 0.717) is 17.8 Å². The van der Waals surface area contributed by atoms with Crippen LogP contribution in [0.3, 0.4) is 0 Å². The van der Waals surface area contributed by atoms with E-state index in [2.05, 4.69) is 10.6 Å².